The van der Waals surface area contributed by atoms with Gasteiger partial charge >= 0.3 is 0 Å². The molecule has 0 spiro atoms. The molecule has 1 aliphatic heterocycles. The van der Waals surface area contributed by atoms with Gasteiger partial charge < -0.3 is 15.3 Å². The van der Waals surface area contributed by atoms with E-state index in [0.717, 1.165) is 38.8 Å². The summed E-state index contributed by atoms with van der Waals surface area (Å²) in [5.74, 6) is -0.586. The molecule has 1 heterocycles. The molecule has 0 bridgehead atoms. The van der Waals surface area contributed by atoms with E-state index in [0.29, 0.717) is 12.0 Å². The van der Waals surface area contributed by atoms with Gasteiger partial charge in [-0.1, -0.05) is 11.6 Å². The van der Waals surface area contributed by atoms with E-state index in [-0.39, 0.29) is 10.8 Å². The van der Waals surface area contributed by atoms with Crippen LogP contribution < -0.4 is 5.32 Å². The third-order valence-corrected chi connectivity index (χ3v) is 3.32. The number of hydrogen-bond acceptors (Lipinski definition) is 3. The Balaban J connectivity index is 1.96. The lowest BCUT2D eigenvalue weighted by molar-refractivity contribution is 0.243. The molecule has 0 atom stereocenters. The molecule has 0 aromatic heterocycles. The first-order valence-corrected chi connectivity index (χ1v) is 6.14. The number of aromatic hydroxyl groups is 1. The van der Waals surface area contributed by atoms with Crippen molar-refractivity contribution in [3.63, 3.8) is 0 Å². The highest BCUT2D eigenvalue weighted by atomic mass is 35.5. The van der Waals surface area contributed by atoms with Crippen LogP contribution in [0.5, 0.6) is 5.75 Å². The van der Waals surface area contributed by atoms with Gasteiger partial charge in [-0.3, -0.25) is 0 Å². The molecule has 0 amide bonds. The van der Waals surface area contributed by atoms with Gasteiger partial charge in [0.2, 0.25) is 0 Å². The molecule has 0 unspecified atom stereocenters. The minimum absolute atomic E-state index is 0.0120. The van der Waals surface area contributed by atoms with Gasteiger partial charge in [0.25, 0.3) is 0 Å². The maximum Gasteiger partial charge on any atom is 0.145 e. The van der Waals surface area contributed by atoms with Crippen LogP contribution in [0.15, 0.2) is 12.1 Å². The van der Waals surface area contributed by atoms with E-state index in [9.17, 15) is 9.50 Å². The lowest BCUT2D eigenvalue weighted by atomic mass is 10.1. The molecular weight excluding hydrogens is 243 g/mol. The minimum Gasteiger partial charge on any atom is -0.508 e. The lowest BCUT2D eigenvalue weighted by Crippen LogP contribution is -2.44. The Kier molecular flexibility index (Phi) is 4.20. The minimum atomic E-state index is -0.574. The number of nitrogens with zero attached hydrogens (tertiary/aromatic N) is 1. The van der Waals surface area contributed by atoms with E-state index in [1.807, 2.05) is 0 Å². The van der Waals surface area contributed by atoms with E-state index in [1.165, 1.54) is 6.07 Å². The first kappa shape index (κ1) is 12.6. The van der Waals surface area contributed by atoms with Crippen molar-refractivity contribution in [3.8, 4) is 5.75 Å². The zero-order valence-corrected chi connectivity index (χ0v) is 10.3. The first-order chi connectivity index (χ1) is 8.16. The molecule has 2 N–H and O–H groups in total. The zero-order valence-electron chi connectivity index (χ0n) is 9.55. The Bertz CT molecular complexity index is 394. The highest BCUT2D eigenvalue weighted by molar-refractivity contribution is 6.30. The monoisotopic (exact) mass is 258 g/mol. The maximum atomic E-state index is 13.0. The standard InChI is InChI=1S/C12H16ClFN2O/c13-10-7-9(12(17)8-11(10)14)1-4-16-5-2-15-3-6-16/h7-8,15,17H,1-6H2. The van der Waals surface area contributed by atoms with Crippen LogP contribution in [-0.4, -0.2) is 42.7 Å². The van der Waals surface area contributed by atoms with Crippen LogP contribution in [0.25, 0.3) is 0 Å². The SMILES string of the molecule is Oc1cc(F)c(Cl)cc1CCN1CCNCC1. The molecule has 0 radical (unpaired) electrons. The number of phenolic OH excluding ortho intramolecular Hbond substituents is 1. The van der Waals surface area contributed by atoms with Crippen LogP contribution in [0.2, 0.25) is 5.02 Å². The summed E-state index contributed by atoms with van der Waals surface area (Å²) in [4.78, 5) is 2.31. The van der Waals surface area contributed by atoms with Gasteiger partial charge in [0, 0.05) is 38.8 Å². The van der Waals surface area contributed by atoms with Crippen molar-refractivity contribution < 1.29 is 9.50 Å². The predicted molar refractivity (Wildman–Crippen MR) is 66.1 cm³/mol. The molecular formula is C12H16ClFN2O. The van der Waals surface area contributed by atoms with Gasteiger partial charge in [-0.25, -0.2) is 4.39 Å². The molecule has 5 heteroatoms. The first-order valence-electron chi connectivity index (χ1n) is 5.77. The van der Waals surface area contributed by atoms with Crippen molar-refractivity contribution in [2.75, 3.05) is 32.7 Å². The van der Waals surface area contributed by atoms with Crippen molar-refractivity contribution in [2.24, 2.45) is 0 Å². The topological polar surface area (TPSA) is 35.5 Å². The second-order valence-electron chi connectivity index (χ2n) is 4.24. The second kappa shape index (κ2) is 5.67. The van der Waals surface area contributed by atoms with Crippen molar-refractivity contribution in [1.82, 2.24) is 10.2 Å². The summed E-state index contributed by atoms with van der Waals surface area (Å²) >= 11 is 5.70. The van der Waals surface area contributed by atoms with Crippen LogP contribution in [0.1, 0.15) is 5.56 Å². The molecule has 2 rings (SSSR count). The highest BCUT2D eigenvalue weighted by Gasteiger charge is 2.12. The molecule has 1 fully saturated rings. The molecule has 1 aliphatic rings. The Morgan fingerprint density at radius 2 is 2.06 bits per heavy atom. The third-order valence-electron chi connectivity index (χ3n) is 3.03. The fourth-order valence-electron chi connectivity index (χ4n) is 1.99. The number of piperazine rings is 1. The fraction of sp³-hybridized carbons (Fsp3) is 0.500. The molecule has 1 saturated heterocycles. The smallest absolute Gasteiger partial charge is 0.145 e. The average molecular weight is 259 g/mol. The quantitative estimate of drug-likeness (QED) is 0.865. The molecule has 0 saturated carbocycles. The molecule has 1 aromatic rings. The maximum absolute atomic E-state index is 13.0. The number of nitrogens with one attached hydrogen (secondary N) is 1. The van der Waals surface area contributed by atoms with Gasteiger partial charge in [0.05, 0.1) is 5.02 Å². The van der Waals surface area contributed by atoms with Gasteiger partial charge in [0.15, 0.2) is 0 Å². The molecule has 17 heavy (non-hydrogen) atoms. The summed E-state index contributed by atoms with van der Waals surface area (Å²) in [5.41, 5.74) is 0.704. The Hall–Kier alpha value is -0.840. The number of rotatable bonds is 3. The van der Waals surface area contributed by atoms with E-state index < -0.39 is 5.82 Å². The van der Waals surface area contributed by atoms with Gasteiger partial charge in [-0.15, -0.1) is 0 Å². The summed E-state index contributed by atoms with van der Waals surface area (Å²) in [6.07, 6.45) is 0.686. The van der Waals surface area contributed by atoms with Gasteiger partial charge in [0.1, 0.15) is 11.6 Å². The predicted octanol–water partition coefficient (Wildman–Crippen LogP) is 1.63. The number of phenols is 1. The van der Waals surface area contributed by atoms with Crippen LogP contribution in [0.3, 0.4) is 0 Å². The third kappa shape index (κ3) is 3.31. The van der Waals surface area contributed by atoms with Crippen LogP contribution >= 0.6 is 11.6 Å². The van der Waals surface area contributed by atoms with E-state index in [4.69, 9.17) is 11.6 Å². The normalized spacial score (nSPS) is 17.3. The fourth-order valence-corrected chi connectivity index (χ4v) is 2.18. The summed E-state index contributed by atoms with van der Waals surface area (Å²) in [6, 6.07) is 2.59. The second-order valence-corrected chi connectivity index (χ2v) is 4.64. The Labute approximate surface area is 105 Å². The van der Waals surface area contributed by atoms with Crippen molar-refractivity contribution in [2.45, 2.75) is 6.42 Å². The van der Waals surface area contributed by atoms with Gasteiger partial charge in [-0.05, 0) is 18.1 Å². The van der Waals surface area contributed by atoms with E-state index in [2.05, 4.69) is 10.2 Å². The largest absolute Gasteiger partial charge is 0.508 e. The van der Waals surface area contributed by atoms with Crippen molar-refractivity contribution in [3.05, 3.63) is 28.5 Å². The summed E-state index contributed by atoms with van der Waals surface area (Å²) in [5, 5.41) is 13.0. The molecule has 0 aliphatic carbocycles. The molecule has 94 valence electrons. The number of benzene rings is 1. The van der Waals surface area contributed by atoms with Crippen LogP contribution in [0, 0.1) is 5.82 Å². The Morgan fingerprint density at radius 1 is 1.35 bits per heavy atom. The van der Waals surface area contributed by atoms with Gasteiger partial charge in [-0.2, -0.15) is 0 Å². The number of halogens is 2. The average Bonchev–Trinajstić information content (AvgIpc) is 2.33. The lowest BCUT2D eigenvalue weighted by Gasteiger charge is -2.27. The number of hydrogen-bond donors (Lipinski definition) is 2. The van der Waals surface area contributed by atoms with Crippen molar-refractivity contribution in [1.29, 1.82) is 0 Å². The highest BCUT2D eigenvalue weighted by Crippen LogP contribution is 2.25. The van der Waals surface area contributed by atoms with E-state index in [1.54, 1.807) is 0 Å². The Morgan fingerprint density at radius 3 is 2.76 bits per heavy atom. The molecule has 3 nitrogen and oxygen atoms in total. The van der Waals surface area contributed by atoms with Crippen LogP contribution in [-0.2, 0) is 6.42 Å². The summed E-state index contributed by atoms with van der Waals surface area (Å²) in [6.45, 7) is 4.87. The van der Waals surface area contributed by atoms with Crippen LogP contribution in [0.4, 0.5) is 4.39 Å². The zero-order chi connectivity index (χ0) is 12.3. The van der Waals surface area contributed by atoms with E-state index >= 15 is 0 Å². The summed E-state index contributed by atoms with van der Waals surface area (Å²) < 4.78 is 13.0. The summed E-state index contributed by atoms with van der Waals surface area (Å²) in [7, 11) is 0. The van der Waals surface area contributed by atoms with Crippen molar-refractivity contribution >= 4 is 11.6 Å². The molecule has 1 aromatic carbocycles.